The van der Waals surface area contributed by atoms with Crippen molar-refractivity contribution in [1.29, 1.82) is 0 Å². The Morgan fingerprint density at radius 3 is 2.68 bits per heavy atom. The minimum atomic E-state index is -1.05. The minimum Gasteiger partial charge on any atom is -0.478 e. The molecule has 104 valence electrons. The predicted molar refractivity (Wildman–Crippen MR) is 72.5 cm³/mol. The van der Waals surface area contributed by atoms with Crippen LogP contribution in [0.25, 0.3) is 0 Å². The molecule has 0 heterocycles. The van der Waals surface area contributed by atoms with E-state index in [4.69, 9.17) is 9.84 Å². The van der Waals surface area contributed by atoms with Gasteiger partial charge in [0, 0.05) is 13.5 Å². The van der Waals surface area contributed by atoms with Crippen LogP contribution in [0.15, 0.2) is 18.2 Å². The summed E-state index contributed by atoms with van der Waals surface area (Å²) in [5.74, 6) is -1.26. The van der Waals surface area contributed by atoms with Crippen molar-refractivity contribution in [3.8, 4) is 0 Å². The summed E-state index contributed by atoms with van der Waals surface area (Å²) in [6.07, 6.45) is 0.889. The predicted octanol–water partition coefficient (Wildman–Crippen LogP) is 2.45. The molecular formula is C14H19NO4. The van der Waals surface area contributed by atoms with Crippen LogP contribution in [0.4, 0.5) is 5.69 Å². The zero-order valence-electron chi connectivity index (χ0n) is 11.4. The van der Waals surface area contributed by atoms with Crippen LogP contribution in [-0.2, 0) is 9.53 Å². The largest absolute Gasteiger partial charge is 0.478 e. The number of nitrogens with one attached hydrogen (secondary N) is 1. The number of carbonyl (C=O) groups is 2. The molecule has 1 amide bonds. The summed E-state index contributed by atoms with van der Waals surface area (Å²) in [7, 11) is 1.59. The average molecular weight is 265 g/mol. The first-order valence-corrected chi connectivity index (χ1v) is 6.11. The van der Waals surface area contributed by atoms with Crippen molar-refractivity contribution < 1.29 is 19.4 Å². The third-order valence-electron chi connectivity index (χ3n) is 2.95. The van der Waals surface area contributed by atoms with E-state index in [0.29, 0.717) is 18.5 Å². The topological polar surface area (TPSA) is 75.6 Å². The Morgan fingerprint density at radius 1 is 1.42 bits per heavy atom. The van der Waals surface area contributed by atoms with Gasteiger partial charge in [-0.05, 0) is 31.9 Å². The Bertz CT molecular complexity index is 471. The lowest BCUT2D eigenvalue weighted by atomic mass is 10.1. The molecule has 1 atom stereocenters. The lowest BCUT2D eigenvalue weighted by Crippen LogP contribution is -2.17. The number of carboxylic acids is 1. The Hall–Kier alpha value is -1.88. The van der Waals surface area contributed by atoms with Crippen LogP contribution >= 0.6 is 0 Å². The Morgan fingerprint density at radius 2 is 2.11 bits per heavy atom. The second-order valence-electron chi connectivity index (χ2n) is 4.44. The summed E-state index contributed by atoms with van der Waals surface area (Å²) in [6.45, 7) is 3.64. The number of aromatic carboxylic acids is 1. The number of para-hydroxylation sites is 1. The van der Waals surface area contributed by atoms with Gasteiger partial charge in [0.2, 0.25) is 5.91 Å². The minimum absolute atomic E-state index is 0.00145. The van der Waals surface area contributed by atoms with Crippen molar-refractivity contribution in [2.24, 2.45) is 0 Å². The highest BCUT2D eigenvalue weighted by Crippen LogP contribution is 2.21. The number of ether oxygens (including phenoxy) is 1. The van der Waals surface area contributed by atoms with E-state index in [1.807, 2.05) is 6.92 Å². The molecule has 0 aromatic heterocycles. The molecule has 0 saturated carbocycles. The van der Waals surface area contributed by atoms with Crippen molar-refractivity contribution >= 4 is 17.6 Å². The second-order valence-corrected chi connectivity index (χ2v) is 4.44. The molecule has 0 fully saturated rings. The first kappa shape index (κ1) is 15.2. The molecule has 2 N–H and O–H groups in total. The van der Waals surface area contributed by atoms with Gasteiger partial charge in [0.1, 0.15) is 0 Å². The number of hydrogen-bond acceptors (Lipinski definition) is 3. The third kappa shape index (κ3) is 4.37. The molecule has 0 bridgehead atoms. The molecule has 5 heteroatoms. The number of amides is 1. The number of carbonyl (C=O) groups excluding carboxylic acids is 1. The highest BCUT2D eigenvalue weighted by molar-refractivity contribution is 6.01. The van der Waals surface area contributed by atoms with Crippen LogP contribution in [-0.4, -0.2) is 30.2 Å². The van der Waals surface area contributed by atoms with E-state index in [9.17, 15) is 9.59 Å². The molecule has 19 heavy (non-hydrogen) atoms. The summed E-state index contributed by atoms with van der Waals surface area (Å²) in [5.41, 5.74) is 1.20. The molecule has 0 radical (unpaired) electrons. The van der Waals surface area contributed by atoms with Gasteiger partial charge in [-0.2, -0.15) is 0 Å². The Balaban J connectivity index is 2.76. The number of methoxy groups -OCH3 is 1. The van der Waals surface area contributed by atoms with Gasteiger partial charge in [-0.1, -0.05) is 12.1 Å². The molecule has 0 aliphatic carbocycles. The number of aryl methyl sites for hydroxylation is 1. The van der Waals surface area contributed by atoms with E-state index in [1.54, 1.807) is 26.2 Å². The van der Waals surface area contributed by atoms with Gasteiger partial charge in [0.05, 0.1) is 17.4 Å². The molecule has 1 aromatic carbocycles. The van der Waals surface area contributed by atoms with E-state index in [0.717, 1.165) is 5.56 Å². The van der Waals surface area contributed by atoms with Crippen LogP contribution in [0.5, 0.6) is 0 Å². The van der Waals surface area contributed by atoms with Crippen LogP contribution in [0.2, 0.25) is 0 Å². The Kier molecular flexibility index (Phi) is 5.51. The zero-order valence-corrected chi connectivity index (χ0v) is 11.4. The van der Waals surface area contributed by atoms with E-state index in [2.05, 4.69) is 5.32 Å². The van der Waals surface area contributed by atoms with Crippen LogP contribution in [0.1, 0.15) is 35.7 Å². The molecule has 0 spiro atoms. The summed E-state index contributed by atoms with van der Waals surface area (Å²) in [6, 6.07) is 4.89. The number of benzene rings is 1. The first-order chi connectivity index (χ1) is 8.95. The van der Waals surface area contributed by atoms with Gasteiger partial charge in [0.15, 0.2) is 0 Å². The molecule has 1 aromatic rings. The maximum absolute atomic E-state index is 11.8. The van der Waals surface area contributed by atoms with Crippen molar-refractivity contribution in [1.82, 2.24) is 0 Å². The molecule has 5 nitrogen and oxygen atoms in total. The average Bonchev–Trinajstić information content (AvgIpc) is 2.38. The van der Waals surface area contributed by atoms with Gasteiger partial charge >= 0.3 is 5.97 Å². The van der Waals surface area contributed by atoms with Crippen LogP contribution < -0.4 is 5.32 Å². The van der Waals surface area contributed by atoms with E-state index in [1.165, 1.54) is 6.07 Å². The van der Waals surface area contributed by atoms with Gasteiger partial charge in [0.25, 0.3) is 0 Å². The van der Waals surface area contributed by atoms with Gasteiger partial charge in [-0.15, -0.1) is 0 Å². The summed E-state index contributed by atoms with van der Waals surface area (Å²) >= 11 is 0. The lowest BCUT2D eigenvalue weighted by Gasteiger charge is -2.13. The normalized spacial score (nSPS) is 11.9. The summed E-state index contributed by atoms with van der Waals surface area (Å²) in [4.78, 5) is 22.9. The van der Waals surface area contributed by atoms with Gasteiger partial charge in [-0.25, -0.2) is 4.79 Å². The highest BCUT2D eigenvalue weighted by atomic mass is 16.5. The maximum Gasteiger partial charge on any atom is 0.337 e. The van der Waals surface area contributed by atoms with Crippen molar-refractivity contribution in [2.75, 3.05) is 12.4 Å². The first-order valence-electron chi connectivity index (χ1n) is 6.11. The molecular weight excluding hydrogens is 246 g/mol. The summed E-state index contributed by atoms with van der Waals surface area (Å²) in [5, 5.41) is 11.8. The molecule has 1 rings (SSSR count). The molecule has 0 aliphatic rings. The highest BCUT2D eigenvalue weighted by Gasteiger charge is 2.14. The summed E-state index contributed by atoms with van der Waals surface area (Å²) < 4.78 is 5.06. The fraction of sp³-hybridized carbons (Fsp3) is 0.429. The molecule has 1 unspecified atom stereocenters. The fourth-order valence-electron chi connectivity index (χ4n) is 1.67. The second kappa shape index (κ2) is 6.89. The van der Waals surface area contributed by atoms with Gasteiger partial charge < -0.3 is 15.2 Å². The monoisotopic (exact) mass is 265 g/mol. The SMILES string of the molecule is COC(C)CCC(=O)Nc1c(C)cccc1C(=O)O. The van der Waals surface area contributed by atoms with E-state index >= 15 is 0 Å². The van der Waals surface area contributed by atoms with Crippen molar-refractivity contribution in [3.63, 3.8) is 0 Å². The number of hydrogen-bond donors (Lipinski definition) is 2. The zero-order chi connectivity index (χ0) is 14.4. The third-order valence-corrected chi connectivity index (χ3v) is 2.95. The number of anilines is 1. The Labute approximate surface area is 112 Å². The molecule has 0 saturated heterocycles. The lowest BCUT2D eigenvalue weighted by molar-refractivity contribution is -0.116. The number of carboxylic acid groups (broad SMARTS) is 1. The number of rotatable bonds is 6. The fourth-order valence-corrected chi connectivity index (χ4v) is 1.67. The van der Waals surface area contributed by atoms with Crippen molar-refractivity contribution in [3.05, 3.63) is 29.3 Å². The molecule has 0 aliphatic heterocycles. The maximum atomic E-state index is 11.8. The van der Waals surface area contributed by atoms with E-state index in [-0.39, 0.29) is 17.6 Å². The standard InChI is InChI=1S/C14H19NO4/c1-9-5-4-6-11(14(17)18)13(9)15-12(16)8-7-10(2)19-3/h4-6,10H,7-8H2,1-3H3,(H,15,16)(H,17,18). The van der Waals surface area contributed by atoms with Crippen LogP contribution in [0, 0.1) is 6.92 Å². The van der Waals surface area contributed by atoms with E-state index < -0.39 is 5.97 Å². The quantitative estimate of drug-likeness (QED) is 0.828. The van der Waals surface area contributed by atoms with Crippen LogP contribution in [0.3, 0.4) is 0 Å². The van der Waals surface area contributed by atoms with Gasteiger partial charge in [-0.3, -0.25) is 4.79 Å². The smallest absolute Gasteiger partial charge is 0.337 e. The van der Waals surface area contributed by atoms with Crippen molar-refractivity contribution in [2.45, 2.75) is 32.8 Å².